The highest BCUT2D eigenvalue weighted by Gasteiger charge is 2.50. The van der Waals surface area contributed by atoms with E-state index in [0.717, 1.165) is 17.3 Å². The van der Waals surface area contributed by atoms with E-state index >= 15 is 0 Å². The number of carbonyl (C=O) groups is 2. The maximum atomic E-state index is 14.8. The number of hydrogen-bond acceptors (Lipinski definition) is 6. The molecule has 2 aromatic rings. The number of rotatable bonds is 5. The fourth-order valence-electron chi connectivity index (χ4n) is 4.17. The van der Waals surface area contributed by atoms with Crippen LogP contribution in [0.5, 0.6) is 0 Å². The largest absolute Gasteiger partial charge is 0.444 e. The second-order valence-electron chi connectivity index (χ2n) is 9.74. The predicted molar refractivity (Wildman–Crippen MR) is 138 cm³/mol. The Labute approximate surface area is 214 Å². The average Bonchev–Trinajstić information content (AvgIpc) is 3.24. The Balaban J connectivity index is 1.66. The van der Waals surface area contributed by atoms with Gasteiger partial charge >= 0.3 is 6.09 Å². The van der Waals surface area contributed by atoms with Crippen molar-refractivity contribution in [1.82, 2.24) is 5.32 Å². The fourth-order valence-corrected chi connectivity index (χ4v) is 8.08. The van der Waals surface area contributed by atoms with E-state index in [-0.39, 0.29) is 34.0 Å². The zero-order valence-electron chi connectivity index (χ0n) is 20.2. The molecular weight excluding hydrogens is 505 g/mol. The van der Waals surface area contributed by atoms with Crippen LogP contribution in [0.25, 0.3) is 0 Å². The quantitative estimate of drug-likeness (QED) is 0.627. The number of sulfone groups is 1. The number of alkyl carbamates (subject to hydrolysis) is 1. The molecule has 36 heavy (non-hydrogen) atoms. The molecule has 0 saturated carbocycles. The minimum Gasteiger partial charge on any atom is -0.444 e. The van der Waals surface area contributed by atoms with E-state index in [2.05, 4.69) is 10.3 Å². The van der Waals surface area contributed by atoms with Crippen LogP contribution in [-0.2, 0) is 25.8 Å². The van der Waals surface area contributed by atoms with Gasteiger partial charge in [-0.2, -0.15) is 4.99 Å². The zero-order chi connectivity index (χ0) is 26.1. The summed E-state index contributed by atoms with van der Waals surface area (Å²) in [4.78, 5) is 31.7. The minimum atomic E-state index is -3.30. The van der Waals surface area contributed by atoms with E-state index < -0.39 is 45.3 Å². The number of para-hydroxylation sites is 1. The minimum absolute atomic E-state index is 0.0793. The van der Waals surface area contributed by atoms with Gasteiger partial charge in [-0.25, -0.2) is 17.6 Å². The van der Waals surface area contributed by atoms with Crippen molar-refractivity contribution >= 4 is 44.5 Å². The second-order valence-corrected chi connectivity index (χ2v) is 13.1. The maximum absolute atomic E-state index is 14.8. The summed E-state index contributed by atoms with van der Waals surface area (Å²) in [5.41, 5.74) is 0.198. The van der Waals surface area contributed by atoms with Gasteiger partial charge in [0.25, 0.3) is 5.91 Å². The lowest BCUT2D eigenvalue weighted by molar-refractivity contribution is -0.119. The standard InChI is InChI=1S/C25H28FN3O5S2/c1-25(2,3)34-24(31)27-18(13-16-9-5-4-6-10-16)22(30)28-23-29(19-12-8-7-11-17(19)26)20-14-36(32,33)15-21(20)35-23/h4-12,18,20-21H,13-15H2,1-3H3,(H,27,31). The van der Waals surface area contributed by atoms with Crippen molar-refractivity contribution < 1.29 is 27.1 Å². The monoisotopic (exact) mass is 533 g/mol. The first-order valence-electron chi connectivity index (χ1n) is 11.5. The SMILES string of the molecule is CC(C)(C)OC(=O)NC(Cc1ccccc1)C(=O)N=C1SC2CS(=O)(=O)CC2N1c1ccccc1F. The third kappa shape index (κ3) is 6.25. The summed E-state index contributed by atoms with van der Waals surface area (Å²) in [5, 5.41) is 2.44. The molecule has 192 valence electrons. The summed E-state index contributed by atoms with van der Waals surface area (Å²) < 4.78 is 44.7. The van der Waals surface area contributed by atoms with Crippen LogP contribution >= 0.6 is 11.8 Å². The molecule has 1 N–H and O–H groups in total. The lowest BCUT2D eigenvalue weighted by Gasteiger charge is -2.25. The van der Waals surface area contributed by atoms with E-state index in [1.165, 1.54) is 23.1 Å². The average molecular weight is 534 g/mol. The van der Waals surface area contributed by atoms with Crippen molar-refractivity contribution in [2.24, 2.45) is 4.99 Å². The van der Waals surface area contributed by atoms with Crippen molar-refractivity contribution in [1.29, 1.82) is 0 Å². The van der Waals surface area contributed by atoms with E-state index in [1.807, 2.05) is 30.3 Å². The predicted octanol–water partition coefficient (Wildman–Crippen LogP) is 3.56. The number of benzene rings is 2. The Morgan fingerprint density at radius 3 is 2.47 bits per heavy atom. The van der Waals surface area contributed by atoms with Gasteiger partial charge in [0.2, 0.25) is 0 Å². The van der Waals surface area contributed by atoms with E-state index in [9.17, 15) is 22.4 Å². The van der Waals surface area contributed by atoms with Crippen LogP contribution < -0.4 is 10.2 Å². The molecule has 0 spiro atoms. The van der Waals surface area contributed by atoms with Gasteiger partial charge in [-0.05, 0) is 38.5 Å². The van der Waals surface area contributed by atoms with Crippen LogP contribution in [0.4, 0.5) is 14.9 Å². The van der Waals surface area contributed by atoms with Crippen molar-refractivity contribution in [2.45, 2.75) is 50.1 Å². The molecule has 2 fully saturated rings. The molecule has 3 atom stereocenters. The highest BCUT2D eigenvalue weighted by atomic mass is 32.2. The lowest BCUT2D eigenvalue weighted by atomic mass is 10.1. The molecule has 3 unspecified atom stereocenters. The third-order valence-corrected chi connectivity index (χ3v) is 8.87. The molecular formula is C25H28FN3O5S2. The summed E-state index contributed by atoms with van der Waals surface area (Å²) in [6.07, 6.45) is -0.591. The molecule has 8 nitrogen and oxygen atoms in total. The van der Waals surface area contributed by atoms with Gasteiger partial charge in [0.05, 0.1) is 23.2 Å². The number of carbonyl (C=O) groups excluding carboxylic acids is 2. The number of halogens is 1. The molecule has 2 aromatic carbocycles. The molecule has 2 amide bonds. The van der Waals surface area contributed by atoms with Crippen molar-refractivity contribution in [2.75, 3.05) is 16.4 Å². The lowest BCUT2D eigenvalue weighted by Crippen LogP contribution is -2.45. The number of aliphatic imine (C=N–C) groups is 1. The van der Waals surface area contributed by atoms with Crippen LogP contribution in [0.1, 0.15) is 26.3 Å². The molecule has 0 radical (unpaired) electrons. The van der Waals surface area contributed by atoms with E-state index in [0.29, 0.717) is 0 Å². The number of amides is 2. The zero-order valence-corrected chi connectivity index (χ0v) is 21.8. The molecule has 2 heterocycles. The van der Waals surface area contributed by atoms with Gasteiger partial charge in [-0.15, -0.1) is 0 Å². The molecule has 0 bridgehead atoms. The molecule has 0 aromatic heterocycles. The first kappa shape index (κ1) is 26.2. The highest BCUT2D eigenvalue weighted by molar-refractivity contribution is 8.16. The Hall–Kier alpha value is -2.92. The maximum Gasteiger partial charge on any atom is 0.408 e. The molecule has 4 rings (SSSR count). The summed E-state index contributed by atoms with van der Waals surface area (Å²) in [6.45, 7) is 5.15. The van der Waals surface area contributed by atoms with Crippen LogP contribution in [0.2, 0.25) is 0 Å². The van der Waals surface area contributed by atoms with E-state index in [4.69, 9.17) is 4.74 Å². The summed E-state index contributed by atoms with van der Waals surface area (Å²) in [5.74, 6) is -1.42. The summed E-state index contributed by atoms with van der Waals surface area (Å²) >= 11 is 1.14. The smallest absolute Gasteiger partial charge is 0.408 e. The van der Waals surface area contributed by atoms with Crippen LogP contribution in [0, 0.1) is 5.82 Å². The van der Waals surface area contributed by atoms with Crippen LogP contribution in [0.15, 0.2) is 59.6 Å². The topological polar surface area (TPSA) is 105 Å². The van der Waals surface area contributed by atoms with E-state index in [1.54, 1.807) is 26.8 Å². The third-order valence-electron chi connectivity index (χ3n) is 5.66. The first-order valence-corrected chi connectivity index (χ1v) is 14.2. The van der Waals surface area contributed by atoms with Crippen molar-refractivity contribution in [3.63, 3.8) is 0 Å². The second kappa shape index (κ2) is 10.2. The number of nitrogens with one attached hydrogen (secondary N) is 1. The van der Waals surface area contributed by atoms with Crippen molar-refractivity contribution in [3.8, 4) is 0 Å². The Kier molecular flexibility index (Phi) is 7.42. The van der Waals surface area contributed by atoms with Crippen LogP contribution in [0.3, 0.4) is 0 Å². The fraction of sp³-hybridized carbons (Fsp3) is 0.400. The number of amidine groups is 1. The highest BCUT2D eigenvalue weighted by Crippen LogP contribution is 2.41. The van der Waals surface area contributed by atoms with Gasteiger partial charge in [0, 0.05) is 11.7 Å². The number of hydrogen-bond donors (Lipinski definition) is 1. The van der Waals surface area contributed by atoms with Crippen molar-refractivity contribution in [3.05, 3.63) is 66.0 Å². The number of thioether (sulfide) groups is 1. The number of fused-ring (bicyclic) bond motifs is 1. The Morgan fingerprint density at radius 2 is 1.81 bits per heavy atom. The molecule has 2 aliphatic rings. The van der Waals surface area contributed by atoms with Gasteiger partial charge in [0.1, 0.15) is 17.5 Å². The van der Waals surface area contributed by atoms with Gasteiger partial charge in [0.15, 0.2) is 15.0 Å². The summed E-state index contributed by atoms with van der Waals surface area (Å²) in [6, 6.07) is 13.5. The summed E-state index contributed by atoms with van der Waals surface area (Å²) in [7, 11) is -3.30. The molecule has 11 heteroatoms. The molecule has 2 saturated heterocycles. The molecule has 0 aliphatic carbocycles. The Bertz CT molecular complexity index is 1280. The first-order chi connectivity index (χ1) is 16.9. The van der Waals surface area contributed by atoms with Gasteiger partial charge < -0.3 is 15.0 Å². The molecule has 2 aliphatic heterocycles. The number of nitrogens with zero attached hydrogens (tertiary/aromatic N) is 2. The Morgan fingerprint density at radius 1 is 1.14 bits per heavy atom. The van der Waals surface area contributed by atoms with Gasteiger partial charge in [-0.1, -0.05) is 54.2 Å². The normalized spacial score (nSPS) is 22.8. The number of anilines is 1. The van der Waals surface area contributed by atoms with Gasteiger partial charge in [-0.3, -0.25) is 4.79 Å². The number of ether oxygens (including phenoxy) is 1. The van der Waals surface area contributed by atoms with Crippen LogP contribution in [-0.4, -0.2) is 60.0 Å².